The largest absolute Gasteiger partial charge is 0.478 e. The molecule has 90 valence electrons. The van der Waals surface area contributed by atoms with Crippen molar-refractivity contribution in [1.29, 1.82) is 0 Å². The van der Waals surface area contributed by atoms with Gasteiger partial charge < -0.3 is 10.8 Å². The highest BCUT2D eigenvalue weighted by Crippen LogP contribution is 2.44. The number of carbonyl (C=O) groups is 2. The van der Waals surface area contributed by atoms with Crippen molar-refractivity contribution < 1.29 is 14.7 Å². The highest BCUT2D eigenvalue weighted by Gasteiger charge is 2.31. The van der Waals surface area contributed by atoms with E-state index in [9.17, 15) is 14.7 Å². The van der Waals surface area contributed by atoms with E-state index in [0.717, 1.165) is 29.5 Å². The van der Waals surface area contributed by atoms with Crippen LogP contribution in [0.15, 0.2) is 6.07 Å². The molecule has 1 aliphatic carbocycles. The summed E-state index contributed by atoms with van der Waals surface area (Å²) in [4.78, 5) is 22.5. The number of carboxylic acid groups (broad SMARTS) is 1. The van der Waals surface area contributed by atoms with Crippen LogP contribution in [0.25, 0.3) is 0 Å². The van der Waals surface area contributed by atoms with Gasteiger partial charge in [-0.15, -0.1) is 0 Å². The molecule has 0 aliphatic heterocycles. The predicted molar refractivity (Wildman–Crippen MR) is 63.4 cm³/mol. The Balaban J connectivity index is 2.71. The molecule has 0 radical (unpaired) electrons. The van der Waals surface area contributed by atoms with Crippen LogP contribution in [0.3, 0.4) is 0 Å². The van der Waals surface area contributed by atoms with Crippen molar-refractivity contribution in [3.63, 3.8) is 0 Å². The minimum Gasteiger partial charge on any atom is -0.478 e. The quantitative estimate of drug-likeness (QED) is 0.837. The van der Waals surface area contributed by atoms with Crippen molar-refractivity contribution in [2.24, 2.45) is 5.73 Å². The molecule has 4 nitrogen and oxygen atoms in total. The van der Waals surface area contributed by atoms with Gasteiger partial charge in [0.05, 0.1) is 5.56 Å². The average Bonchev–Trinajstić information content (AvgIpc) is 3.04. The van der Waals surface area contributed by atoms with E-state index in [-0.39, 0.29) is 5.56 Å². The van der Waals surface area contributed by atoms with Gasteiger partial charge in [0.25, 0.3) is 0 Å². The fourth-order valence-corrected chi connectivity index (χ4v) is 2.27. The van der Waals surface area contributed by atoms with Crippen LogP contribution in [0.4, 0.5) is 0 Å². The summed E-state index contributed by atoms with van der Waals surface area (Å²) in [6.45, 7) is 3.68. The summed E-state index contributed by atoms with van der Waals surface area (Å²) in [6, 6.07) is 1.42. The molecule has 1 aliphatic rings. The molecule has 17 heavy (non-hydrogen) atoms. The van der Waals surface area contributed by atoms with Crippen LogP contribution in [0.1, 0.15) is 56.2 Å². The van der Waals surface area contributed by atoms with E-state index in [4.69, 9.17) is 5.73 Å². The van der Waals surface area contributed by atoms with Gasteiger partial charge in [0.2, 0.25) is 5.91 Å². The number of hydrogen-bond acceptors (Lipinski definition) is 2. The topological polar surface area (TPSA) is 80.4 Å². The Hall–Kier alpha value is -1.84. The molecule has 0 bridgehead atoms. The van der Waals surface area contributed by atoms with Gasteiger partial charge in [-0.25, -0.2) is 4.79 Å². The molecule has 1 saturated carbocycles. The van der Waals surface area contributed by atoms with E-state index in [2.05, 4.69) is 0 Å². The van der Waals surface area contributed by atoms with Gasteiger partial charge in [-0.1, -0.05) is 0 Å². The van der Waals surface area contributed by atoms with Gasteiger partial charge in [0.1, 0.15) is 0 Å². The first kappa shape index (κ1) is 11.6. The second kappa shape index (κ2) is 3.87. The number of rotatable bonds is 3. The van der Waals surface area contributed by atoms with Crippen molar-refractivity contribution in [2.45, 2.75) is 32.6 Å². The number of carbonyl (C=O) groups excluding carboxylic acids is 1. The summed E-state index contributed by atoms with van der Waals surface area (Å²) < 4.78 is 0. The maximum Gasteiger partial charge on any atom is 0.336 e. The fourth-order valence-electron chi connectivity index (χ4n) is 2.27. The summed E-state index contributed by atoms with van der Waals surface area (Å²) in [5, 5.41) is 9.21. The van der Waals surface area contributed by atoms with Gasteiger partial charge >= 0.3 is 5.97 Å². The van der Waals surface area contributed by atoms with Crippen LogP contribution in [-0.4, -0.2) is 17.0 Å². The maximum atomic E-state index is 11.3. The second-order valence-corrected chi connectivity index (χ2v) is 4.58. The number of amides is 1. The summed E-state index contributed by atoms with van der Waals surface area (Å²) in [5.41, 5.74) is 8.36. The zero-order valence-corrected chi connectivity index (χ0v) is 9.91. The molecule has 0 saturated heterocycles. The summed E-state index contributed by atoms with van der Waals surface area (Å²) in [5.74, 6) is -1.23. The van der Waals surface area contributed by atoms with E-state index in [0.29, 0.717) is 11.5 Å². The zero-order valence-electron chi connectivity index (χ0n) is 9.91. The molecular formula is C13H15NO3. The van der Waals surface area contributed by atoms with Gasteiger partial charge in [0.15, 0.2) is 0 Å². The molecule has 4 heteroatoms. The molecule has 0 atom stereocenters. The van der Waals surface area contributed by atoms with E-state index in [1.165, 1.54) is 6.07 Å². The first-order valence-electron chi connectivity index (χ1n) is 5.60. The number of benzene rings is 1. The molecular weight excluding hydrogens is 218 g/mol. The van der Waals surface area contributed by atoms with Gasteiger partial charge in [0, 0.05) is 5.56 Å². The Labute approximate surface area is 99.4 Å². The van der Waals surface area contributed by atoms with Crippen molar-refractivity contribution in [2.75, 3.05) is 0 Å². The van der Waals surface area contributed by atoms with Crippen molar-refractivity contribution in [3.05, 3.63) is 33.9 Å². The van der Waals surface area contributed by atoms with Gasteiger partial charge in [-0.3, -0.25) is 4.79 Å². The number of carboxylic acids is 1. The number of aromatic carboxylic acids is 1. The number of primary amides is 1. The van der Waals surface area contributed by atoms with Crippen LogP contribution in [0.5, 0.6) is 0 Å². The zero-order chi connectivity index (χ0) is 12.7. The second-order valence-electron chi connectivity index (χ2n) is 4.58. The summed E-state index contributed by atoms with van der Waals surface area (Å²) >= 11 is 0. The van der Waals surface area contributed by atoms with E-state index in [1.54, 1.807) is 0 Å². The number of hydrogen-bond donors (Lipinski definition) is 2. The number of nitrogens with two attached hydrogens (primary N) is 1. The lowest BCUT2D eigenvalue weighted by Gasteiger charge is -2.14. The van der Waals surface area contributed by atoms with Crippen LogP contribution >= 0.6 is 0 Å². The highest BCUT2D eigenvalue weighted by atomic mass is 16.4. The van der Waals surface area contributed by atoms with Crippen LogP contribution in [0.2, 0.25) is 0 Å². The Morgan fingerprint density at radius 2 is 1.82 bits per heavy atom. The monoisotopic (exact) mass is 233 g/mol. The Morgan fingerprint density at radius 3 is 2.24 bits per heavy atom. The van der Waals surface area contributed by atoms with Gasteiger partial charge in [-0.2, -0.15) is 0 Å². The third kappa shape index (κ3) is 1.90. The van der Waals surface area contributed by atoms with Crippen molar-refractivity contribution in [3.8, 4) is 0 Å². The third-order valence-corrected chi connectivity index (χ3v) is 3.43. The molecule has 1 amide bonds. The molecule has 0 spiro atoms. The van der Waals surface area contributed by atoms with Crippen LogP contribution in [-0.2, 0) is 0 Å². The predicted octanol–water partition coefficient (Wildman–Crippen LogP) is 1.98. The maximum absolute atomic E-state index is 11.3. The third-order valence-electron chi connectivity index (χ3n) is 3.43. The summed E-state index contributed by atoms with van der Waals surface area (Å²) in [7, 11) is 0. The lowest BCUT2D eigenvalue weighted by atomic mass is 9.90. The first-order chi connectivity index (χ1) is 7.93. The SMILES string of the molecule is Cc1c(C(N)=O)cc(C(=O)O)c(C2CC2)c1C. The Bertz CT molecular complexity index is 516. The van der Waals surface area contributed by atoms with E-state index in [1.807, 2.05) is 13.8 Å². The van der Waals surface area contributed by atoms with Gasteiger partial charge in [-0.05, 0) is 55.4 Å². The summed E-state index contributed by atoms with van der Waals surface area (Å²) in [6.07, 6.45) is 2.05. The standard InChI is InChI=1S/C13H15NO3/c1-6-7(2)11(8-3-4-8)10(13(16)17)5-9(6)12(14)15/h5,8H,3-4H2,1-2H3,(H2,14,15)(H,16,17). The first-order valence-corrected chi connectivity index (χ1v) is 5.60. The minimum absolute atomic E-state index is 0.226. The lowest BCUT2D eigenvalue weighted by molar-refractivity contribution is 0.0695. The van der Waals surface area contributed by atoms with Crippen molar-refractivity contribution in [1.82, 2.24) is 0 Å². The molecule has 1 aromatic carbocycles. The fraction of sp³-hybridized carbons (Fsp3) is 0.385. The molecule has 1 aromatic rings. The minimum atomic E-state index is -0.988. The molecule has 1 fully saturated rings. The smallest absolute Gasteiger partial charge is 0.336 e. The Morgan fingerprint density at radius 1 is 1.24 bits per heavy atom. The van der Waals surface area contributed by atoms with Crippen molar-refractivity contribution >= 4 is 11.9 Å². The molecule has 0 heterocycles. The molecule has 2 rings (SSSR count). The molecule has 0 unspecified atom stereocenters. The highest BCUT2D eigenvalue weighted by molar-refractivity contribution is 5.99. The normalized spacial score (nSPS) is 14.7. The van der Waals surface area contributed by atoms with E-state index < -0.39 is 11.9 Å². The lowest BCUT2D eigenvalue weighted by Crippen LogP contribution is -2.16. The Kier molecular flexibility index (Phi) is 2.65. The van der Waals surface area contributed by atoms with E-state index >= 15 is 0 Å². The van der Waals surface area contributed by atoms with Crippen LogP contribution < -0.4 is 5.73 Å². The van der Waals surface area contributed by atoms with Crippen LogP contribution in [0, 0.1) is 13.8 Å². The molecule has 0 aromatic heterocycles. The molecule has 3 N–H and O–H groups in total. The average molecular weight is 233 g/mol.